The Morgan fingerprint density at radius 3 is 2.58 bits per heavy atom. The van der Waals surface area contributed by atoms with Crippen molar-refractivity contribution >= 4 is 40.7 Å². The van der Waals surface area contributed by atoms with Gasteiger partial charge in [-0.05, 0) is 49.2 Å². The summed E-state index contributed by atoms with van der Waals surface area (Å²) < 4.78 is 13.5. The van der Waals surface area contributed by atoms with E-state index in [-0.39, 0.29) is 12.1 Å². The largest absolute Gasteiger partial charge is 0.329 e. The van der Waals surface area contributed by atoms with Gasteiger partial charge >= 0.3 is 0 Å². The van der Waals surface area contributed by atoms with Crippen molar-refractivity contribution in [2.24, 2.45) is 0 Å². The van der Waals surface area contributed by atoms with Gasteiger partial charge in [0, 0.05) is 17.1 Å². The van der Waals surface area contributed by atoms with Gasteiger partial charge < -0.3 is 10.2 Å². The highest BCUT2D eigenvalue weighted by Crippen LogP contribution is 2.25. The zero-order valence-corrected chi connectivity index (χ0v) is 16.0. The first kappa shape index (κ1) is 20.2. The molecule has 0 saturated heterocycles. The molecule has 0 heterocycles. The van der Waals surface area contributed by atoms with E-state index in [4.69, 9.17) is 23.2 Å². The number of hydrogen-bond acceptors (Lipinski definition) is 2. The summed E-state index contributed by atoms with van der Waals surface area (Å²) in [5.74, 6) is -1.30. The van der Waals surface area contributed by atoms with Gasteiger partial charge in [0.25, 0.3) is 5.91 Å². The first-order valence-corrected chi connectivity index (χ1v) is 8.87. The van der Waals surface area contributed by atoms with Gasteiger partial charge in [0.2, 0.25) is 5.91 Å². The number of halogens is 3. The van der Waals surface area contributed by atoms with Crippen molar-refractivity contribution in [3.05, 3.63) is 63.4 Å². The minimum atomic E-state index is -0.495. The van der Waals surface area contributed by atoms with E-state index in [9.17, 15) is 14.0 Å². The number of rotatable bonds is 6. The van der Waals surface area contributed by atoms with E-state index in [1.165, 1.54) is 23.1 Å². The van der Waals surface area contributed by atoms with Crippen LogP contribution in [0.15, 0.2) is 36.4 Å². The molecule has 0 radical (unpaired) electrons. The lowest BCUT2D eigenvalue weighted by atomic mass is 10.1. The zero-order chi connectivity index (χ0) is 19.3. The maximum atomic E-state index is 13.5. The van der Waals surface area contributed by atoms with E-state index in [2.05, 4.69) is 5.32 Å². The summed E-state index contributed by atoms with van der Waals surface area (Å²) >= 11 is 11.9. The van der Waals surface area contributed by atoms with Crippen molar-refractivity contribution in [2.45, 2.75) is 20.3 Å². The predicted molar refractivity (Wildman–Crippen MR) is 102 cm³/mol. The lowest BCUT2D eigenvalue weighted by Gasteiger charge is -2.22. The minimum absolute atomic E-state index is 0.175. The van der Waals surface area contributed by atoms with Gasteiger partial charge in [0.1, 0.15) is 12.4 Å². The summed E-state index contributed by atoms with van der Waals surface area (Å²) in [5, 5.41) is 3.43. The van der Waals surface area contributed by atoms with Gasteiger partial charge in [0.05, 0.1) is 10.7 Å². The highest BCUT2D eigenvalue weighted by atomic mass is 35.5. The second kappa shape index (κ2) is 9.01. The monoisotopic (exact) mass is 396 g/mol. The first-order chi connectivity index (χ1) is 12.3. The van der Waals surface area contributed by atoms with Gasteiger partial charge in [-0.2, -0.15) is 0 Å². The fraction of sp³-hybridized carbons (Fsp3) is 0.263. The van der Waals surface area contributed by atoms with Gasteiger partial charge in [-0.25, -0.2) is 4.39 Å². The number of anilines is 1. The van der Waals surface area contributed by atoms with Crippen LogP contribution in [0.3, 0.4) is 0 Å². The molecule has 0 atom stereocenters. The maximum absolute atomic E-state index is 13.5. The molecule has 7 heteroatoms. The summed E-state index contributed by atoms with van der Waals surface area (Å²) in [6.07, 6.45) is 0.658. The van der Waals surface area contributed by atoms with Gasteiger partial charge in [0.15, 0.2) is 0 Å². The van der Waals surface area contributed by atoms with Crippen LogP contribution in [0.5, 0.6) is 0 Å². The predicted octanol–water partition coefficient (Wildman–Crippen LogP) is 4.93. The Morgan fingerprint density at radius 2 is 1.88 bits per heavy atom. The molecule has 0 aliphatic carbocycles. The number of hydrogen-bond donors (Lipinski definition) is 1. The molecular weight excluding hydrogens is 378 g/mol. The minimum Gasteiger partial charge on any atom is -0.329 e. The normalized spacial score (nSPS) is 10.5. The van der Waals surface area contributed by atoms with Crippen molar-refractivity contribution in [1.82, 2.24) is 4.90 Å². The third-order valence-electron chi connectivity index (χ3n) is 3.75. The number of nitrogens with zero attached hydrogens (tertiary/aromatic N) is 1. The zero-order valence-electron chi connectivity index (χ0n) is 14.5. The Bertz CT molecular complexity index is 827. The lowest BCUT2D eigenvalue weighted by molar-refractivity contribution is -0.116. The Hall–Kier alpha value is -2.11. The second-order valence-electron chi connectivity index (χ2n) is 5.86. The molecule has 2 amide bonds. The molecule has 0 aliphatic heterocycles. The van der Waals surface area contributed by atoms with Crippen molar-refractivity contribution in [1.29, 1.82) is 0 Å². The lowest BCUT2D eigenvalue weighted by Crippen LogP contribution is -2.39. The number of benzene rings is 2. The molecule has 138 valence electrons. The molecule has 2 rings (SSSR count). The third-order valence-corrected chi connectivity index (χ3v) is 4.31. The summed E-state index contributed by atoms with van der Waals surface area (Å²) in [5.41, 5.74) is 1.26. The van der Waals surface area contributed by atoms with Crippen LogP contribution in [0.1, 0.15) is 29.3 Å². The van der Waals surface area contributed by atoms with E-state index in [0.29, 0.717) is 34.3 Å². The molecule has 0 aromatic heterocycles. The van der Waals surface area contributed by atoms with E-state index in [1.807, 2.05) is 6.92 Å². The van der Waals surface area contributed by atoms with Crippen molar-refractivity contribution in [2.75, 3.05) is 18.4 Å². The highest BCUT2D eigenvalue weighted by molar-refractivity contribution is 6.35. The molecular formula is C19H19Cl2FN2O2. The Morgan fingerprint density at radius 1 is 1.15 bits per heavy atom. The van der Waals surface area contributed by atoms with Crippen molar-refractivity contribution in [3.8, 4) is 0 Å². The second-order valence-corrected chi connectivity index (χ2v) is 6.70. The van der Waals surface area contributed by atoms with Crippen LogP contribution in [0, 0.1) is 12.7 Å². The summed E-state index contributed by atoms with van der Waals surface area (Å²) in [6.45, 7) is 3.81. The Kier molecular flexibility index (Phi) is 7.00. The Balaban J connectivity index is 2.16. The topological polar surface area (TPSA) is 49.4 Å². The number of carbonyl (C=O) groups is 2. The average Bonchev–Trinajstić information content (AvgIpc) is 2.59. The molecule has 1 N–H and O–H groups in total. The number of aryl methyl sites for hydroxylation is 1. The standard InChI is InChI=1S/C19H19Cl2FN2O2/c1-3-8-24(19(26)15-10-14(22)6-4-12(15)2)11-18(25)23-17-9-13(20)5-7-16(17)21/h4-7,9-10H,3,8,11H2,1-2H3,(H,23,25). The quantitative estimate of drug-likeness (QED) is 0.751. The van der Waals surface area contributed by atoms with Crippen LogP contribution in [-0.4, -0.2) is 29.8 Å². The molecule has 4 nitrogen and oxygen atoms in total. The van der Waals surface area contributed by atoms with Crippen molar-refractivity contribution < 1.29 is 14.0 Å². The molecule has 2 aromatic carbocycles. The number of carbonyl (C=O) groups excluding carboxylic acids is 2. The maximum Gasteiger partial charge on any atom is 0.254 e. The molecule has 0 fully saturated rings. The average molecular weight is 397 g/mol. The van der Waals surface area contributed by atoms with Gasteiger partial charge in [-0.3, -0.25) is 9.59 Å². The fourth-order valence-electron chi connectivity index (χ4n) is 2.47. The van der Waals surface area contributed by atoms with E-state index < -0.39 is 17.6 Å². The fourth-order valence-corrected chi connectivity index (χ4v) is 2.81. The van der Waals surface area contributed by atoms with Gasteiger partial charge in [-0.1, -0.05) is 36.2 Å². The number of amides is 2. The first-order valence-electron chi connectivity index (χ1n) is 8.12. The molecule has 26 heavy (non-hydrogen) atoms. The van der Waals surface area contributed by atoms with Crippen LogP contribution >= 0.6 is 23.2 Å². The summed E-state index contributed by atoms with van der Waals surface area (Å²) in [4.78, 5) is 26.5. The summed E-state index contributed by atoms with van der Waals surface area (Å²) in [7, 11) is 0. The third kappa shape index (κ3) is 5.19. The van der Waals surface area contributed by atoms with Crippen LogP contribution in [0.4, 0.5) is 10.1 Å². The van der Waals surface area contributed by atoms with Crippen LogP contribution < -0.4 is 5.32 Å². The van der Waals surface area contributed by atoms with E-state index in [0.717, 1.165) is 0 Å². The number of nitrogens with one attached hydrogen (secondary N) is 1. The molecule has 0 bridgehead atoms. The molecule has 0 unspecified atom stereocenters. The molecule has 0 spiro atoms. The highest BCUT2D eigenvalue weighted by Gasteiger charge is 2.20. The SMILES string of the molecule is CCCN(CC(=O)Nc1cc(Cl)ccc1Cl)C(=O)c1cc(F)ccc1C. The van der Waals surface area contributed by atoms with E-state index in [1.54, 1.807) is 25.1 Å². The molecule has 2 aromatic rings. The van der Waals surface area contributed by atoms with Crippen LogP contribution in [-0.2, 0) is 4.79 Å². The Labute approximate surface area is 161 Å². The molecule has 0 saturated carbocycles. The van der Waals surface area contributed by atoms with Crippen molar-refractivity contribution in [3.63, 3.8) is 0 Å². The summed E-state index contributed by atoms with van der Waals surface area (Å²) in [6, 6.07) is 8.74. The van der Waals surface area contributed by atoms with E-state index >= 15 is 0 Å². The smallest absolute Gasteiger partial charge is 0.254 e. The van der Waals surface area contributed by atoms with Crippen LogP contribution in [0.2, 0.25) is 10.0 Å². The molecule has 0 aliphatic rings. The van der Waals surface area contributed by atoms with Crippen LogP contribution in [0.25, 0.3) is 0 Å². The van der Waals surface area contributed by atoms with Gasteiger partial charge in [-0.15, -0.1) is 0 Å².